The van der Waals surface area contributed by atoms with E-state index in [2.05, 4.69) is 58.1 Å². The van der Waals surface area contributed by atoms with Crippen LogP contribution < -0.4 is 14.7 Å². The molecule has 0 aliphatic carbocycles. The predicted octanol–water partition coefficient (Wildman–Crippen LogP) is 4.00. The fourth-order valence-corrected chi connectivity index (χ4v) is 4.59. The molecule has 152 valence electrons. The van der Waals surface area contributed by atoms with Crippen molar-refractivity contribution in [2.24, 2.45) is 0 Å². The highest BCUT2D eigenvalue weighted by Gasteiger charge is 2.32. The summed E-state index contributed by atoms with van der Waals surface area (Å²) in [6.45, 7) is 5.88. The molecule has 1 unspecified atom stereocenters. The van der Waals surface area contributed by atoms with Crippen LogP contribution in [-0.2, 0) is 6.42 Å². The Labute approximate surface area is 177 Å². The number of hydrogen-bond acceptors (Lipinski definition) is 4. The number of aromatic nitrogens is 1. The lowest BCUT2D eigenvalue weighted by atomic mass is 10.1. The van der Waals surface area contributed by atoms with Gasteiger partial charge in [-0.1, -0.05) is 36.4 Å². The molecule has 0 radical (unpaired) electrons. The molecule has 1 aromatic heterocycles. The quantitative estimate of drug-likeness (QED) is 0.669. The molecule has 2 aromatic carbocycles. The Morgan fingerprint density at radius 3 is 2.30 bits per heavy atom. The topological polar surface area (TPSA) is 39.7 Å². The standard InChI is InChI=1S/C25H26N4O/c1-19-17-20-7-5-6-10-24(20)29(19)25(30)23-18-22(11-12-26-23)28-15-13-27(14-16-28)21-8-3-2-4-9-21/h2-12,18-19H,13-17H2,1H3. The number of amides is 1. The average Bonchev–Trinajstić information content (AvgIpc) is 3.15. The summed E-state index contributed by atoms with van der Waals surface area (Å²) in [7, 11) is 0. The van der Waals surface area contributed by atoms with Crippen molar-refractivity contribution in [1.82, 2.24) is 4.98 Å². The number of pyridine rings is 1. The smallest absolute Gasteiger partial charge is 0.277 e. The largest absolute Gasteiger partial charge is 0.368 e. The van der Waals surface area contributed by atoms with Gasteiger partial charge in [0.2, 0.25) is 0 Å². The number of benzene rings is 2. The lowest BCUT2D eigenvalue weighted by molar-refractivity contribution is 0.0976. The molecule has 2 aliphatic rings. The highest BCUT2D eigenvalue weighted by atomic mass is 16.2. The third-order valence-corrected chi connectivity index (χ3v) is 6.15. The van der Waals surface area contributed by atoms with Crippen molar-refractivity contribution in [2.45, 2.75) is 19.4 Å². The van der Waals surface area contributed by atoms with Gasteiger partial charge in [0.1, 0.15) is 5.69 Å². The van der Waals surface area contributed by atoms with Crippen molar-refractivity contribution in [3.05, 3.63) is 84.2 Å². The predicted molar refractivity (Wildman–Crippen MR) is 122 cm³/mol. The van der Waals surface area contributed by atoms with Gasteiger partial charge < -0.3 is 14.7 Å². The van der Waals surface area contributed by atoms with E-state index in [1.165, 1.54) is 11.3 Å². The van der Waals surface area contributed by atoms with Gasteiger partial charge in [-0.05, 0) is 49.2 Å². The molecule has 0 bridgehead atoms. The van der Waals surface area contributed by atoms with Crippen LogP contribution >= 0.6 is 0 Å². The monoisotopic (exact) mass is 398 g/mol. The number of fused-ring (bicyclic) bond motifs is 1. The average molecular weight is 399 g/mol. The molecular formula is C25H26N4O. The van der Waals surface area contributed by atoms with Gasteiger partial charge >= 0.3 is 0 Å². The summed E-state index contributed by atoms with van der Waals surface area (Å²) >= 11 is 0. The molecule has 30 heavy (non-hydrogen) atoms. The number of carbonyl (C=O) groups excluding carboxylic acids is 1. The lowest BCUT2D eigenvalue weighted by Gasteiger charge is -2.37. The Balaban J connectivity index is 1.32. The highest BCUT2D eigenvalue weighted by Crippen LogP contribution is 2.33. The minimum Gasteiger partial charge on any atom is -0.368 e. The van der Waals surface area contributed by atoms with E-state index in [0.717, 1.165) is 44.0 Å². The zero-order valence-electron chi connectivity index (χ0n) is 17.2. The van der Waals surface area contributed by atoms with Gasteiger partial charge in [0.05, 0.1) is 0 Å². The number of nitrogens with zero attached hydrogens (tertiary/aromatic N) is 4. The molecular weight excluding hydrogens is 372 g/mol. The van der Waals surface area contributed by atoms with Crippen molar-refractivity contribution >= 4 is 23.0 Å². The maximum absolute atomic E-state index is 13.3. The molecule has 1 atom stereocenters. The Kier molecular flexibility index (Phi) is 4.87. The van der Waals surface area contributed by atoms with Crippen LogP contribution in [0.2, 0.25) is 0 Å². The van der Waals surface area contributed by atoms with Crippen molar-refractivity contribution in [1.29, 1.82) is 0 Å². The Morgan fingerprint density at radius 2 is 1.53 bits per heavy atom. The second kappa shape index (κ2) is 7.82. The first-order valence-corrected chi connectivity index (χ1v) is 10.6. The summed E-state index contributed by atoms with van der Waals surface area (Å²) in [4.78, 5) is 24.4. The van der Waals surface area contributed by atoms with Gasteiger partial charge in [-0.25, -0.2) is 0 Å². The second-order valence-corrected chi connectivity index (χ2v) is 8.07. The van der Waals surface area contributed by atoms with Crippen LogP contribution in [-0.4, -0.2) is 43.1 Å². The van der Waals surface area contributed by atoms with E-state index < -0.39 is 0 Å². The van der Waals surface area contributed by atoms with Gasteiger partial charge in [-0.2, -0.15) is 0 Å². The summed E-state index contributed by atoms with van der Waals surface area (Å²) in [6.07, 6.45) is 2.65. The van der Waals surface area contributed by atoms with Gasteiger partial charge in [-0.15, -0.1) is 0 Å². The number of para-hydroxylation sites is 2. The maximum atomic E-state index is 13.3. The zero-order chi connectivity index (χ0) is 20.5. The van der Waals surface area contributed by atoms with Crippen LogP contribution in [0.15, 0.2) is 72.9 Å². The molecule has 1 amide bonds. The molecule has 2 aliphatic heterocycles. The molecule has 5 nitrogen and oxygen atoms in total. The molecule has 1 fully saturated rings. The summed E-state index contributed by atoms with van der Waals surface area (Å²) in [5.74, 6) is -0.0165. The first-order chi connectivity index (χ1) is 14.7. The van der Waals surface area contributed by atoms with Crippen LogP contribution in [0.5, 0.6) is 0 Å². The SMILES string of the molecule is CC1Cc2ccccc2N1C(=O)c1cc(N2CCN(c3ccccc3)CC2)ccn1. The van der Waals surface area contributed by atoms with Gasteiger partial charge in [0.25, 0.3) is 5.91 Å². The molecule has 5 rings (SSSR count). The van der Waals surface area contributed by atoms with Gasteiger partial charge in [-0.3, -0.25) is 9.78 Å². The van der Waals surface area contributed by atoms with Gasteiger partial charge in [0.15, 0.2) is 0 Å². The highest BCUT2D eigenvalue weighted by molar-refractivity contribution is 6.07. The second-order valence-electron chi connectivity index (χ2n) is 8.07. The third kappa shape index (κ3) is 3.41. The van der Waals surface area contributed by atoms with E-state index in [-0.39, 0.29) is 11.9 Å². The van der Waals surface area contributed by atoms with Crippen molar-refractivity contribution in [3.63, 3.8) is 0 Å². The molecule has 0 saturated carbocycles. The molecule has 3 heterocycles. The summed E-state index contributed by atoms with van der Waals surface area (Å²) in [5, 5.41) is 0. The van der Waals surface area contributed by atoms with Gasteiger partial charge in [0, 0.05) is 55.5 Å². The van der Waals surface area contributed by atoms with Crippen molar-refractivity contribution in [2.75, 3.05) is 40.9 Å². The summed E-state index contributed by atoms with van der Waals surface area (Å²) in [6, 6.07) is 22.8. The summed E-state index contributed by atoms with van der Waals surface area (Å²) < 4.78 is 0. The van der Waals surface area contributed by atoms with Crippen LogP contribution in [0, 0.1) is 0 Å². The zero-order valence-corrected chi connectivity index (χ0v) is 17.2. The molecule has 0 spiro atoms. The van der Waals surface area contributed by atoms with Crippen molar-refractivity contribution < 1.29 is 4.79 Å². The fourth-order valence-electron chi connectivity index (χ4n) is 4.59. The number of hydrogen-bond donors (Lipinski definition) is 0. The Hall–Kier alpha value is -3.34. The first kappa shape index (κ1) is 18.7. The van der Waals surface area contributed by atoms with Crippen molar-refractivity contribution in [3.8, 4) is 0 Å². The number of anilines is 3. The van der Waals surface area contributed by atoms with E-state index in [1.54, 1.807) is 6.20 Å². The maximum Gasteiger partial charge on any atom is 0.277 e. The van der Waals surface area contributed by atoms with E-state index in [0.29, 0.717) is 5.69 Å². The number of carbonyl (C=O) groups is 1. The fraction of sp³-hybridized carbons (Fsp3) is 0.280. The molecule has 1 saturated heterocycles. The lowest BCUT2D eigenvalue weighted by Crippen LogP contribution is -2.46. The van der Waals surface area contributed by atoms with Crippen LogP contribution in [0.25, 0.3) is 0 Å². The van der Waals surface area contributed by atoms with E-state index >= 15 is 0 Å². The Morgan fingerprint density at radius 1 is 0.867 bits per heavy atom. The van der Waals surface area contributed by atoms with E-state index in [4.69, 9.17) is 0 Å². The van der Waals surface area contributed by atoms with Crippen LogP contribution in [0.4, 0.5) is 17.1 Å². The minimum atomic E-state index is -0.0165. The molecule has 3 aromatic rings. The summed E-state index contributed by atoms with van der Waals surface area (Å²) in [5.41, 5.74) is 5.09. The van der Waals surface area contributed by atoms with Crippen LogP contribution in [0.1, 0.15) is 23.0 Å². The Bertz CT molecular complexity index is 1040. The molecule has 0 N–H and O–H groups in total. The first-order valence-electron chi connectivity index (χ1n) is 10.6. The number of piperazine rings is 1. The van der Waals surface area contributed by atoms with E-state index in [1.807, 2.05) is 35.2 Å². The van der Waals surface area contributed by atoms with Crippen LogP contribution in [0.3, 0.4) is 0 Å². The minimum absolute atomic E-state index is 0.0165. The third-order valence-electron chi connectivity index (χ3n) is 6.15. The van der Waals surface area contributed by atoms with E-state index in [9.17, 15) is 4.79 Å². The molecule has 5 heteroatoms. The number of rotatable bonds is 3. The normalized spacial score (nSPS) is 18.4.